The van der Waals surface area contributed by atoms with Crippen LogP contribution >= 0.6 is 11.6 Å². The van der Waals surface area contributed by atoms with Crippen LogP contribution < -0.4 is 4.74 Å². The fourth-order valence-electron chi connectivity index (χ4n) is 1.17. The summed E-state index contributed by atoms with van der Waals surface area (Å²) in [6.45, 7) is 0. The summed E-state index contributed by atoms with van der Waals surface area (Å²) in [6, 6.07) is 1.77. The Morgan fingerprint density at radius 3 is 2.73 bits per heavy atom. The Kier molecular flexibility index (Phi) is 3.81. The molecule has 0 N–H and O–H groups in total. The largest absolute Gasteiger partial charge is 0.496 e. The van der Waals surface area contributed by atoms with Crippen LogP contribution in [-0.2, 0) is 5.88 Å². The van der Waals surface area contributed by atoms with E-state index >= 15 is 0 Å². The minimum Gasteiger partial charge on any atom is -0.496 e. The summed E-state index contributed by atoms with van der Waals surface area (Å²) in [5.74, 6) is -0.161. The molecule has 80 valence electrons. The van der Waals surface area contributed by atoms with Crippen molar-refractivity contribution in [3.63, 3.8) is 0 Å². The maximum absolute atomic E-state index is 12.5. The second-order valence-electron chi connectivity index (χ2n) is 2.62. The lowest BCUT2D eigenvalue weighted by atomic mass is 10.1. The molecule has 1 heterocycles. The van der Waals surface area contributed by atoms with Gasteiger partial charge in [-0.2, -0.15) is 5.26 Å². The number of methoxy groups -OCH3 is 1. The summed E-state index contributed by atoms with van der Waals surface area (Å²) in [6.07, 6.45) is -1.78. The van der Waals surface area contributed by atoms with Gasteiger partial charge in [-0.1, -0.05) is 0 Å². The first-order valence-corrected chi connectivity index (χ1v) is 4.49. The molecule has 6 heteroatoms. The molecule has 0 unspecified atom stereocenters. The molecule has 15 heavy (non-hydrogen) atoms. The van der Waals surface area contributed by atoms with Crippen LogP contribution in [0, 0.1) is 11.3 Å². The number of halogens is 3. The summed E-state index contributed by atoms with van der Waals surface area (Å²) < 4.78 is 29.9. The monoisotopic (exact) mass is 232 g/mol. The van der Waals surface area contributed by atoms with Gasteiger partial charge in [0.25, 0.3) is 6.43 Å². The number of nitriles is 1. The van der Waals surface area contributed by atoms with Crippen LogP contribution in [0.4, 0.5) is 8.78 Å². The molecule has 0 saturated heterocycles. The Bertz CT molecular complexity index is 404. The predicted molar refractivity (Wildman–Crippen MR) is 50.0 cm³/mol. The third-order valence-electron chi connectivity index (χ3n) is 1.83. The number of aromatic nitrogens is 1. The van der Waals surface area contributed by atoms with Crippen molar-refractivity contribution in [2.45, 2.75) is 12.3 Å². The smallest absolute Gasteiger partial charge is 0.268 e. The molecule has 0 radical (unpaired) electrons. The van der Waals surface area contributed by atoms with Gasteiger partial charge in [0.05, 0.1) is 18.6 Å². The lowest BCUT2D eigenvalue weighted by Crippen LogP contribution is -2.02. The highest BCUT2D eigenvalue weighted by atomic mass is 35.5. The van der Waals surface area contributed by atoms with E-state index in [-0.39, 0.29) is 28.5 Å². The van der Waals surface area contributed by atoms with E-state index in [0.717, 1.165) is 6.20 Å². The second-order valence-corrected chi connectivity index (χ2v) is 2.89. The molecule has 0 bridgehead atoms. The van der Waals surface area contributed by atoms with Gasteiger partial charge in [0.15, 0.2) is 0 Å². The zero-order valence-corrected chi connectivity index (χ0v) is 8.55. The van der Waals surface area contributed by atoms with E-state index in [0.29, 0.717) is 0 Å². The Morgan fingerprint density at radius 2 is 2.33 bits per heavy atom. The van der Waals surface area contributed by atoms with E-state index in [4.69, 9.17) is 21.6 Å². The SMILES string of the molecule is COc1c(C(F)F)cnc(C#N)c1CCl. The number of hydrogen-bond donors (Lipinski definition) is 0. The predicted octanol–water partition coefficient (Wildman–Crippen LogP) is 2.64. The van der Waals surface area contributed by atoms with Crippen molar-refractivity contribution in [2.24, 2.45) is 0 Å². The zero-order chi connectivity index (χ0) is 11.4. The lowest BCUT2D eigenvalue weighted by Gasteiger charge is -2.11. The van der Waals surface area contributed by atoms with Gasteiger partial charge in [0.2, 0.25) is 0 Å². The summed E-state index contributed by atoms with van der Waals surface area (Å²) in [4.78, 5) is 3.59. The van der Waals surface area contributed by atoms with Crippen LogP contribution in [0.25, 0.3) is 0 Å². The highest BCUT2D eigenvalue weighted by Gasteiger charge is 2.20. The molecular weight excluding hydrogens is 226 g/mol. The highest BCUT2D eigenvalue weighted by Crippen LogP contribution is 2.33. The van der Waals surface area contributed by atoms with Gasteiger partial charge in [-0.25, -0.2) is 13.8 Å². The van der Waals surface area contributed by atoms with Crippen molar-refractivity contribution in [2.75, 3.05) is 7.11 Å². The topological polar surface area (TPSA) is 45.9 Å². The molecule has 0 fully saturated rings. The number of rotatable bonds is 3. The highest BCUT2D eigenvalue weighted by molar-refractivity contribution is 6.17. The van der Waals surface area contributed by atoms with E-state index in [2.05, 4.69) is 4.98 Å². The van der Waals surface area contributed by atoms with Crippen LogP contribution in [0.5, 0.6) is 5.75 Å². The van der Waals surface area contributed by atoms with Crippen LogP contribution in [0.1, 0.15) is 23.2 Å². The minimum absolute atomic E-state index is 0.00579. The summed E-state index contributed by atoms with van der Waals surface area (Å²) in [7, 11) is 1.25. The van der Waals surface area contributed by atoms with Gasteiger partial charge in [-0.15, -0.1) is 11.6 Å². The van der Waals surface area contributed by atoms with Crippen LogP contribution in [0.3, 0.4) is 0 Å². The first kappa shape index (κ1) is 11.7. The molecule has 1 aromatic heterocycles. The molecule has 0 aromatic carbocycles. The molecule has 0 aliphatic carbocycles. The molecule has 0 aliphatic rings. The van der Waals surface area contributed by atoms with E-state index < -0.39 is 6.43 Å². The summed E-state index contributed by atoms with van der Waals surface area (Å²) in [5, 5.41) is 8.68. The lowest BCUT2D eigenvalue weighted by molar-refractivity contribution is 0.146. The molecular formula is C9H7ClF2N2O. The average molecular weight is 233 g/mol. The van der Waals surface area contributed by atoms with E-state index in [1.807, 2.05) is 0 Å². The number of pyridine rings is 1. The molecule has 0 atom stereocenters. The first-order valence-electron chi connectivity index (χ1n) is 3.95. The van der Waals surface area contributed by atoms with Gasteiger partial charge in [-0.05, 0) is 0 Å². The number of ether oxygens (including phenoxy) is 1. The molecule has 3 nitrogen and oxygen atoms in total. The Balaban J connectivity index is 3.42. The Morgan fingerprint density at radius 1 is 1.67 bits per heavy atom. The molecule has 1 aromatic rings. The van der Waals surface area contributed by atoms with Crippen LogP contribution in [0.15, 0.2) is 6.20 Å². The Hall–Kier alpha value is -1.41. The summed E-state index contributed by atoms with van der Waals surface area (Å²) >= 11 is 5.56. The van der Waals surface area contributed by atoms with Crippen molar-refractivity contribution in [3.05, 3.63) is 23.0 Å². The first-order chi connectivity index (χ1) is 7.15. The van der Waals surface area contributed by atoms with E-state index in [1.54, 1.807) is 6.07 Å². The van der Waals surface area contributed by atoms with Crippen molar-refractivity contribution >= 4 is 11.6 Å². The number of alkyl halides is 3. The molecule has 0 saturated carbocycles. The molecule has 1 rings (SSSR count). The van der Waals surface area contributed by atoms with E-state index in [9.17, 15) is 8.78 Å². The standard InChI is InChI=1S/C9H7ClF2N2O/c1-15-8-5(2-10)7(3-13)14-4-6(8)9(11)12/h4,9H,2H2,1H3. The van der Waals surface area contributed by atoms with Crippen molar-refractivity contribution in [1.29, 1.82) is 5.26 Å². The Labute approximate surface area is 90.3 Å². The summed E-state index contributed by atoms with van der Waals surface area (Å²) in [5.41, 5.74) is -0.155. The van der Waals surface area contributed by atoms with Crippen LogP contribution in [-0.4, -0.2) is 12.1 Å². The van der Waals surface area contributed by atoms with Crippen molar-refractivity contribution < 1.29 is 13.5 Å². The zero-order valence-electron chi connectivity index (χ0n) is 7.80. The van der Waals surface area contributed by atoms with Gasteiger partial charge >= 0.3 is 0 Å². The quantitative estimate of drug-likeness (QED) is 0.753. The third kappa shape index (κ3) is 2.16. The number of hydrogen-bond acceptors (Lipinski definition) is 3. The second kappa shape index (κ2) is 4.89. The van der Waals surface area contributed by atoms with Gasteiger partial charge < -0.3 is 4.74 Å². The van der Waals surface area contributed by atoms with Gasteiger partial charge in [0, 0.05) is 11.8 Å². The van der Waals surface area contributed by atoms with E-state index in [1.165, 1.54) is 7.11 Å². The number of nitrogens with zero attached hydrogens (tertiary/aromatic N) is 2. The van der Waals surface area contributed by atoms with Gasteiger partial charge in [-0.3, -0.25) is 0 Å². The normalized spacial score (nSPS) is 10.1. The maximum Gasteiger partial charge on any atom is 0.268 e. The minimum atomic E-state index is -2.71. The maximum atomic E-state index is 12.5. The van der Waals surface area contributed by atoms with Crippen molar-refractivity contribution in [1.82, 2.24) is 4.98 Å². The van der Waals surface area contributed by atoms with Crippen molar-refractivity contribution in [3.8, 4) is 11.8 Å². The molecule has 0 aliphatic heterocycles. The fraction of sp³-hybridized carbons (Fsp3) is 0.333. The average Bonchev–Trinajstić information content (AvgIpc) is 2.26. The van der Waals surface area contributed by atoms with Crippen LogP contribution in [0.2, 0.25) is 0 Å². The fourth-order valence-corrected chi connectivity index (χ4v) is 1.42. The molecule has 0 amide bonds. The molecule has 0 spiro atoms. The van der Waals surface area contributed by atoms with Gasteiger partial charge in [0.1, 0.15) is 17.5 Å². The third-order valence-corrected chi connectivity index (χ3v) is 2.10.